The molecule has 3 nitrogen and oxygen atoms in total. The zero-order valence-corrected chi connectivity index (χ0v) is 10.6. The average molecular weight is 281 g/mol. The van der Waals surface area contributed by atoms with Crippen LogP contribution < -0.4 is 5.32 Å². The third kappa shape index (κ3) is 2.50. The van der Waals surface area contributed by atoms with E-state index < -0.39 is 0 Å². The van der Waals surface area contributed by atoms with Crippen molar-refractivity contribution in [3.63, 3.8) is 0 Å². The Morgan fingerprint density at radius 3 is 2.62 bits per heavy atom. The monoisotopic (exact) mass is 280 g/mol. The highest BCUT2D eigenvalue weighted by Gasteiger charge is 2.23. The number of halogens is 1. The highest BCUT2D eigenvalue weighted by Crippen LogP contribution is 2.13. The summed E-state index contributed by atoms with van der Waals surface area (Å²) in [4.78, 5) is 15.8. The molecule has 84 valence electrons. The summed E-state index contributed by atoms with van der Waals surface area (Å²) < 4.78 is 1.06. The number of hydrogen-bond donors (Lipinski definition) is 1. The first-order chi connectivity index (χ1) is 7.69. The van der Waals surface area contributed by atoms with Gasteiger partial charge >= 0.3 is 0 Å². The summed E-state index contributed by atoms with van der Waals surface area (Å²) in [7, 11) is 0. The molecule has 1 amide bonds. The molecule has 1 aromatic rings. The van der Waals surface area contributed by atoms with E-state index in [1.807, 2.05) is 31.2 Å². The second kappa shape index (κ2) is 4.78. The molecule has 0 fully saturated rings. The van der Waals surface area contributed by atoms with Crippen LogP contribution in [0.5, 0.6) is 0 Å². The van der Waals surface area contributed by atoms with E-state index in [-0.39, 0.29) is 11.9 Å². The molecule has 1 unspecified atom stereocenters. The van der Waals surface area contributed by atoms with Crippen LogP contribution in [-0.2, 0) is 11.2 Å². The van der Waals surface area contributed by atoms with E-state index in [4.69, 9.17) is 0 Å². The van der Waals surface area contributed by atoms with E-state index in [0.29, 0.717) is 6.42 Å². The van der Waals surface area contributed by atoms with Crippen LogP contribution in [0, 0.1) is 0 Å². The highest BCUT2D eigenvalue weighted by atomic mass is 79.9. The molecule has 0 saturated carbocycles. The molecule has 2 rings (SSSR count). The lowest BCUT2D eigenvalue weighted by molar-refractivity contribution is -0.120. The molecular formula is C12H13BrN2O. The van der Waals surface area contributed by atoms with E-state index in [1.165, 1.54) is 0 Å². The lowest BCUT2D eigenvalue weighted by Gasteiger charge is -2.01. The number of aliphatic imine (C=N–C) groups is 1. The predicted octanol–water partition coefficient (Wildman–Crippen LogP) is 2.30. The summed E-state index contributed by atoms with van der Waals surface area (Å²) in [5.74, 6) is 0.800. The lowest BCUT2D eigenvalue weighted by atomic mass is 10.1. The van der Waals surface area contributed by atoms with Crippen LogP contribution in [0.15, 0.2) is 33.7 Å². The quantitative estimate of drug-likeness (QED) is 0.907. The number of nitrogens with one attached hydrogen (secondary N) is 1. The fourth-order valence-corrected chi connectivity index (χ4v) is 1.93. The third-order valence-corrected chi connectivity index (χ3v) is 3.08. The zero-order valence-electron chi connectivity index (χ0n) is 9.03. The molecule has 1 aliphatic heterocycles. The third-order valence-electron chi connectivity index (χ3n) is 2.55. The second-order valence-corrected chi connectivity index (χ2v) is 4.71. The van der Waals surface area contributed by atoms with Crippen molar-refractivity contribution in [2.24, 2.45) is 4.99 Å². The first-order valence-electron chi connectivity index (χ1n) is 5.31. The maximum absolute atomic E-state index is 11.4. The minimum absolute atomic E-state index is 0.0228. The molecule has 0 saturated heterocycles. The Morgan fingerprint density at radius 2 is 2.06 bits per heavy atom. The van der Waals surface area contributed by atoms with Gasteiger partial charge in [-0.2, -0.15) is 0 Å². The molecule has 1 heterocycles. The Hall–Kier alpha value is -1.16. The topological polar surface area (TPSA) is 41.5 Å². The minimum Gasteiger partial charge on any atom is -0.312 e. The van der Waals surface area contributed by atoms with E-state index in [0.717, 1.165) is 22.3 Å². The first-order valence-corrected chi connectivity index (χ1v) is 6.10. The molecule has 1 aromatic carbocycles. The van der Waals surface area contributed by atoms with Crippen molar-refractivity contribution in [1.29, 1.82) is 0 Å². The zero-order chi connectivity index (χ0) is 11.5. The molecule has 0 aliphatic carbocycles. The van der Waals surface area contributed by atoms with Crippen LogP contribution in [-0.4, -0.2) is 17.8 Å². The van der Waals surface area contributed by atoms with Gasteiger partial charge in [-0.25, -0.2) is 0 Å². The van der Waals surface area contributed by atoms with E-state index in [2.05, 4.69) is 26.2 Å². The van der Waals surface area contributed by atoms with Crippen molar-refractivity contribution in [2.45, 2.75) is 25.8 Å². The molecular weight excluding hydrogens is 268 g/mol. The average Bonchev–Trinajstić information content (AvgIpc) is 2.62. The fraction of sp³-hybridized carbons (Fsp3) is 0.333. The van der Waals surface area contributed by atoms with Gasteiger partial charge in [-0.15, -0.1) is 0 Å². The van der Waals surface area contributed by atoms with Crippen LogP contribution in [0.25, 0.3) is 0 Å². The van der Waals surface area contributed by atoms with Gasteiger partial charge in [0.05, 0.1) is 0 Å². The van der Waals surface area contributed by atoms with Crippen molar-refractivity contribution in [2.75, 3.05) is 0 Å². The van der Waals surface area contributed by atoms with Gasteiger partial charge in [-0.3, -0.25) is 9.79 Å². The SMILES string of the molecule is CCC1N=C(Cc2ccc(Br)cc2)NC1=O. The second-order valence-electron chi connectivity index (χ2n) is 3.79. The standard InChI is InChI=1S/C12H13BrN2O/c1-2-10-12(16)15-11(14-10)7-8-3-5-9(13)6-4-8/h3-6,10H,2,7H2,1H3,(H,14,15,16). The van der Waals surface area contributed by atoms with Gasteiger partial charge in [-0.05, 0) is 24.1 Å². The Kier molecular flexibility index (Phi) is 3.39. The number of benzene rings is 1. The van der Waals surface area contributed by atoms with Crippen molar-refractivity contribution < 1.29 is 4.79 Å². The molecule has 0 aromatic heterocycles. The summed E-state index contributed by atoms with van der Waals surface area (Å²) in [6.45, 7) is 1.97. The summed E-state index contributed by atoms with van der Waals surface area (Å²) in [5.41, 5.74) is 1.15. The fourth-order valence-electron chi connectivity index (χ4n) is 1.67. The van der Waals surface area contributed by atoms with Gasteiger partial charge in [-0.1, -0.05) is 35.0 Å². The predicted molar refractivity (Wildman–Crippen MR) is 67.5 cm³/mol. The minimum atomic E-state index is -0.189. The van der Waals surface area contributed by atoms with Gasteiger partial charge in [0, 0.05) is 10.9 Å². The molecule has 1 atom stereocenters. The molecule has 1 N–H and O–H groups in total. The first kappa shape index (κ1) is 11.3. The number of carbonyl (C=O) groups is 1. The van der Waals surface area contributed by atoms with Crippen molar-refractivity contribution in [1.82, 2.24) is 5.32 Å². The molecule has 0 radical (unpaired) electrons. The maximum Gasteiger partial charge on any atom is 0.250 e. The van der Waals surface area contributed by atoms with Gasteiger partial charge < -0.3 is 5.32 Å². The van der Waals surface area contributed by atoms with Crippen LogP contribution in [0.2, 0.25) is 0 Å². The number of hydrogen-bond acceptors (Lipinski definition) is 2. The Morgan fingerprint density at radius 1 is 1.38 bits per heavy atom. The molecule has 16 heavy (non-hydrogen) atoms. The Balaban J connectivity index is 2.06. The van der Waals surface area contributed by atoms with Crippen molar-refractivity contribution in [3.05, 3.63) is 34.3 Å². The normalized spacial score (nSPS) is 19.5. The summed E-state index contributed by atoms with van der Waals surface area (Å²) >= 11 is 3.39. The lowest BCUT2D eigenvalue weighted by Crippen LogP contribution is -2.29. The number of amidine groups is 1. The highest BCUT2D eigenvalue weighted by molar-refractivity contribution is 9.10. The van der Waals surface area contributed by atoms with E-state index >= 15 is 0 Å². The van der Waals surface area contributed by atoms with Crippen molar-refractivity contribution in [3.8, 4) is 0 Å². The van der Waals surface area contributed by atoms with Gasteiger partial charge in [0.25, 0.3) is 0 Å². The van der Waals surface area contributed by atoms with Crippen LogP contribution in [0.4, 0.5) is 0 Å². The van der Waals surface area contributed by atoms with Crippen LogP contribution in [0.3, 0.4) is 0 Å². The van der Waals surface area contributed by atoms with E-state index in [9.17, 15) is 4.79 Å². The summed E-state index contributed by atoms with van der Waals surface area (Å²) in [6.07, 6.45) is 1.45. The molecule has 4 heteroatoms. The molecule has 1 aliphatic rings. The van der Waals surface area contributed by atoms with E-state index in [1.54, 1.807) is 0 Å². The summed E-state index contributed by atoms with van der Waals surface area (Å²) in [5, 5.41) is 2.82. The number of nitrogens with zero attached hydrogens (tertiary/aromatic N) is 1. The summed E-state index contributed by atoms with van der Waals surface area (Å²) in [6, 6.07) is 7.84. The number of carbonyl (C=O) groups excluding carboxylic acids is 1. The van der Waals surface area contributed by atoms with Gasteiger partial charge in [0.2, 0.25) is 5.91 Å². The van der Waals surface area contributed by atoms with Crippen LogP contribution in [0.1, 0.15) is 18.9 Å². The smallest absolute Gasteiger partial charge is 0.250 e. The Bertz CT molecular complexity index is 425. The van der Waals surface area contributed by atoms with Gasteiger partial charge in [0.15, 0.2) is 0 Å². The molecule has 0 bridgehead atoms. The number of amides is 1. The Labute approximate surface area is 103 Å². The number of rotatable bonds is 3. The maximum atomic E-state index is 11.4. The molecule has 0 spiro atoms. The van der Waals surface area contributed by atoms with Crippen molar-refractivity contribution >= 4 is 27.7 Å². The van der Waals surface area contributed by atoms with Gasteiger partial charge in [0.1, 0.15) is 11.9 Å². The largest absolute Gasteiger partial charge is 0.312 e. The van der Waals surface area contributed by atoms with Crippen LogP contribution >= 0.6 is 15.9 Å².